The monoisotopic (exact) mass is 476 g/mol. The standard InChI is InChI=1S/C26H32N6O3/c1-17-10-18(12-19(11-17)26(33)6-9-34-16-26)23-14-28-24(27)25(30-23)35-22-13-29-32(15-22)21-4-7-31(8-5-21)20-2-3-20/h10-15,20-21,33H,2-9,16H2,1H3,(H2,27,28). The van der Waals surface area contributed by atoms with E-state index in [1.54, 1.807) is 12.4 Å². The Bertz CT molecular complexity index is 1210. The number of aryl methyl sites for hydroxylation is 1. The summed E-state index contributed by atoms with van der Waals surface area (Å²) in [5, 5.41) is 15.5. The van der Waals surface area contributed by atoms with Gasteiger partial charge >= 0.3 is 0 Å². The average Bonchev–Trinajstić information content (AvgIpc) is 3.45. The first-order valence-corrected chi connectivity index (χ1v) is 12.5. The van der Waals surface area contributed by atoms with Gasteiger partial charge in [-0.15, -0.1) is 0 Å². The van der Waals surface area contributed by atoms with Gasteiger partial charge in [-0.3, -0.25) is 4.68 Å². The van der Waals surface area contributed by atoms with Crippen LogP contribution in [0.4, 0.5) is 5.82 Å². The number of anilines is 1. The predicted molar refractivity (Wildman–Crippen MR) is 131 cm³/mol. The highest BCUT2D eigenvalue weighted by molar-refractivity contribution is 5.63. The lowest BCUT2D eigenvalue weighted by Gasteiger charge is -2.31. The number of nitrogens with two attached hydrogens (primary N) is 1. The molecule has 35 heavy (non-hydrogen) atoms. The molecule has 4 heterocycles. The van der Waals surface area contributed by atoms with Crippen molar-refractivity contribution in [1.82, 2.24) is 24.6 Å². The largest absolute Gasteiger partial charge is 0.433 e. The van der Waals surface area contributed by atoms with Crippen molar-refractivity contribution in [3.05, 3.63) is 47.9 Å². The van der Waals surface area contributed by atoms with E-state index in [1.165, 1.54) is 12.8 Å². The van der Waals surface area contributed by atoms with Crippen molar-refractivity contribution in [2.24, 2.45) is 0 Å². The summed E-state index contributed by atoms with van der Waals surface area (Å²) >= 11 is 0. The fourth-order valence-corrected chi connectivity index (χ4v) is 5.22. The van der Waals surface area contributed by atoms with Crippen LogP contribution in [-0.2, 0) is 10.3 Å². The van der Waals surface area contributed by atoms with Crippen LogP contribution in [0.1, 0.15) is 49.3 Å². The van der Waals surface area contributed by atoms with Crippen LogP contribution in [0.25, 0.3) is 11.3 Å². The Hall–Kier alpha value is -3.01. The van der Waals surface area contributed by atoms with Crippen LogP contribution in [0.15, 0.2) is 36.8 Å². The van der Waals surface area contributed by atoms with Crippen LogP contribution in [-0.4, -0.2) is 62.1 Å². The van der Waals surface area contributed by atoms with Gasteiger partial charge in [-0.05, 0) is 50.3 Å². The SMILES string of the molecule is Cc1cc(-c2cnc(N)c(Oc3cnn(C4CCN(C5CC5)CC4)c3)n2)cc(C2(O)CCOC2)c1. The molecule has 0 radical (unpaired) electrons. The van der Waals surface area contributed by atoms with Crippen LogP contribution in [0.2, 0.25) is 0 Å². The molecule has 9 heteroatoms. The van der Waals surface area contributed by atoms with Crippen LogP contribution >= 0.6 is 0 Å². The predicted octanol–water partition coefficient (Wildman–Crippen LogP) is 3.43. The smallest absolute Gasteiger partial charge is 0.263 e. The van der Waals surface area contributed by atoms with Crippen molar-refractivity contribution < 1.29 is 14.6 Å². The molecule has 2 saturated heterocycles. The molecule has 184 valence electrons. The second-order valence-electron chi connectivity index (χ2n) is 10.1. The summed E-state index contributed by atoms with van der Waals surface area (Å²) in [5.74, 6) is 1.06. The number of nitrogen functional groups attached to an aromatic ring is 1. The number of nitrogens with zero attached hydrogens (tertiary/aromatic N) is 5. The molecule has 3 N–H and O–H groups in total. The molecule has 0 spiro atoms. The zero-order valence-corrected chi connectivity index (χ0v) is 20.1. The topological polar surface area (TPSA) is 112 Å². The van der Waals surface area contributed by atoms with Gasteiger partial charge in [0.15, 0.2) is 11.6 Å². The third-order valence-corrected chi connectivity index (χ3v) is 7.41. The summed E-state index contributed by atoms with van der Waals surface area (Å²) < 4.78 is 13.5. The summed E-state index contributed by atoms with van der Waals surface area (Å²) in [4.78, 5) is 11.6. The van der Waals surface area contributed by atoms with Gasteiger partial charge in [-0.1, -0.05) is 11.6 Å². The van der Waals surface area contributed by atoms with Crippen LogP contribution in [0.3, 0.4) is 0 Å². The number of likely N-dealkylation sites (tertiary alicyclic amines) is 1. The van der Waals surface area contributed by atoms with Gasteiger partial charge in [0.05, 0.1) is 36.9 Å². The minimum absolute atomic E-state index is 0.218. The van der Waals surface area contributed by atoms with Gasteiger partial charge in [0.2, 0.25) is 0 Å². The molecule has 1 unspecified atom stereocenters. The molecule has 6 rings (SSSR count). The van der Waals surface area contributed by atoms with Crippen molar-refractivity contribution in [1.29, 1.82) is 0 Å². The molecule has 1 atom stereocenters. The third kappa shape index (κ3) is 4.63. The second-order valence-corrected chi connectivity index (χ2v) is 10.1. The Balaban J connectivity index is 1.20. The fraction of sp³-hybridized carbons (Fsp3) is 0.500. The summed E-state index contributed by atoms with van der Waals surface area (Å²) in [6, 6.07) is 7.15. The highest BCUT2D eigenvalue weighted by atomic mass is 16.5. The van der Waals surface area contributed by atoms with Crippen LogP contribution in [0, 0.1) is 6.92 Å². The zero-order chi connectivity index (χ0) is 24.0. The number of piperidine rings is 1. The highest BCUT2D eigenvalue weighted by Gasteiger charge is 2.35. The van der Waals surface area contributed by atoms with E-state index in [0.29, 0.717) is 37.1 Å². The quantitative estimate of drug-likeness (QED) is 0.557. The Morgan fingerprint density at radius 3 is 2.69 bits per heavy atom. The summed E-state index contributed by atoms with van der Waals surface area (Å²) in [6.07, 6.45) is 10.7. The van der Waals surface area contributed by atoms with E-state index in [-0.39, 0.29) is 11.7 Å². The zero-order valence-electron chi connectivity index (χ0n) is 20.1. The van der Waals surface area contributed by atoms with E-state index >= 15 is 0 Å². The first kappa shape index (κ1) is 22.5. The van der Waals surface area contributed by atoms with E-state index in [2.05, 4.69) is 20.0 Å². The first-order valence-electron chi connectivity index (χ1n) is 12.5. The Morgan fingerprint density at radius 1 is 1.11 bits per heavy atom. The number of ether oxygens (including phenoxy) is 2. The van der Waals surface area contributed by atoms with Gasteiger partial charge in [0.25, 0.3) is 5.88 Å². The van der Waals surface area contributed by atoms with Gasteiger partial charge in [-0.2, -0.15) is 5.10 Å². The van der Waals surface area contributed by atoms with Crippen LogP contribution in [0.5, 0.6) is 11.6 Å². The number of aliphatic hydroxyl groups is 1. The number of rotatable bonds is 6. The van der Waals surface area contributed by atoms with E-state index in [9.17, 15) is 5.11 Å². The molecular formula is C26H32N6O3. The number of benzene rings is 1. The third-order valence-electron chi connectivity index (χ3n) is 7.41. The average molecular weight is 477 g/mol. The van der Waals surface area contributed by atoms with E-state index in [4.69, 9.17) is 15.2 Å². The molecule has 0 bridgehead atoms. The fourth-order valence-electron chi connectivity index (χ4n) is 5.22. The lowest BCUT2D eigenvalue weighted by atomic mass is 9.90. The van der Waals surface area contributed by atoms with Crippen molar-refractivity contribution in [3.63, 3.8) is 0 Å². The lowest BCUT2D eigenvalue weighted by molar-refractivity contribution is 0.0232. The van der Waals surface area contributed by atoms with Gasteiger partial charge < -0.3 is 25.2 Å². The molecule has 9 nitrogen and oxygen atoms in total. The molecule has 0 amide bonds. The number of hydrogen-bond donors (Lipinski definition) is 2. The minimum atomic E-state index is -0.981. The van der Waals surface area contributed by atoms with Gasteiger partial charge in [-0.25, -0.2) is 9.97 Å². The Labute approximate surface area is 204 Å². The van der Waals surface area contributed by atoms with Crippen molar-refractivity contribution in [2.75, 3.05) is 32.0 Å². The van der Waals surface area contributed by atoms with E-state index in [1.807, 2.05) is 36.0 Å². The molecule has 3 aromatic rings. The van der Waals surface area contributed by atoms with Crippen molar-refractivity contribution in [2.45, 2.75) is 56.7 Å². The molecule has 1 aromatic carbocycles. The number of hydrogen-bond acceptors (Lipinski definition) is 8. The molecule has 1 aliphatic carbocycles. The lowest BCUT2D eigenvalue weighted by Crippen LogP contribution is -2.36. The summed E-state index contributed by atoms with van der Waals surface area (Å²) in [6.45, 7) is 5.10. The maximum atomic E-state index is 11.0. The Kier molecular flexibility index (Phi) is 5.70. The molecule has 2 aromatic heterocycles. The number of aromatic nitrogens is 4. The molecular weight excluding hydrogens is 444 g/mol. The van der Waals surface area contributed by atoms with E-state index < -0.39 is 5.60 Å². The first-order chi connectivity index (χ1) is 17.0. The maximum absolute atomic E-state index is 11.0. The summed E-state index contributed by atoms with van der Waals surface area (Å²) in [5.41, 5.74) is 8.44. The second kappa shape index (κ2) is 8.89. The van der Waals surface area contributed by atoms with Gasteiger partial charge in [0, 0.05) is 37.7 Å². The highest BCUT2D eigenvalue weighted by Crippen LogP contribution is 2.35. The van der Waals surface area contributed by atoms with Gasteiger partial charge in [0.1, 0.15) is 5.60 Å². The normalized spacial score (nSPS) is 23.6. The Morgan fingerprint density at radius 2 is 1.94 bits per heavy atom. The van der Waals surface area contributed by atoms with Crippen LogP contribution < -0.4 is 10.5 Å². The maximum Gasteiger partial charge on any atom is 0.263 e. The van der Waals surface area contributed by atoms with Crippen molar-refractivity contribution in [3.8, 4) is 22.9 Å². The molecule has 3 fully saturated rings. The van der Waals surface area contributed by atoms with Crippen molar-refractivity contribution >= 4 is 5.82 Å². The minimum Gasteiger partial charge on any atom is -0.433 e. The molecule has 1 saturated carbocycles. The molecule has 3 aliphatic rings. The summed E-state index contributed by atoms with van der Waals surface area (Å²) in [7, 11) is 0. The molecule has 2 aliphatic heterocycles. The van der Waals surface area contributed by atoms with E-state index in [0.717, 1.165) is 48.7 Å².